The number of hydrogen-bond donors (Lipinski definition) is 0. The molecule has 80 valence electrons. The van der Waals surface area contributed by atoms with Gasteiger partial charge in [-0.15, -0.1) is 0 Å². The van der Waals surface area contributed by atoms with Crippen molar-refractivity contribution in [2.45, 2.75) is 0 Å². The molecule has 0 amide bonds. The van der Waals surface area contributed by atoms with E-state index in [4.69, 9.17) is 0 Å². The maximum Gasteiger partial charge on any atom is 0.312 e. The van der Waals surface area contributed by atoms with Crippen LogP contribution in [0.5, 0.6) is 0 Å². The molecule has 1 aromatic heterocycles. The average molecular weight is 218 g/mol. The smallest absolute Gasteiger partial charge is 0.264 e. The summed E-state index contributed by atoms with van der Waals surface area (Å²) >= 11 is 0. The summed E-state index contributed by atoms with van der Waals surface area (Å²) in [5, 5.41) is 10.8. The first kappa shape index (κ1) is 10.2. The lowest BCUT2D eigenvalue weighted by Crippen LogP contribution is -1.95. The molecule has 2 aromatic rings. The quantitative estimate of drug-likeness (QED) is 0.575. The van der Waals surface area contributed by atoms with E-state index in [-0.39, 0.29) is 5.56 Å². The van der Waals surface area contributed by atoms with Gasteiger partial charge in [0.15, 0.2) is 0 Å². The van der Waals surface area contributed by atoms with Gasteiger partial charge in [-0.2, -0.15) is 4.39 Å². The number of halogens is 1. The van der Waals surface area contributed by atoms with Crippen LogP contribution in [0.4, 0.5) is 10.1 Å². The minimum absolute atomic E-state index is 0.234. The number of benzene rings is 1. The number of nitro groups is 1. The van der Waals surface area contributed by atoms with Crippen LogP contribution in [-0.2, 0) is 0 Å². The molecule has 0 atom stereocenters. The Morgan fingerprint density at radius 1 is 1.25 bits per heavy atom. The van der Waals surface area contributed by atoms with Crippen molar-refractivity contribution in [3.63, 3.8) is 0 Å². The summed E-state index contributed by atoms with van der Waals surface area (Å²) in [5.41, 5.74) is 0.238. The molecular formula is C11H7FN2O2. The van der Waals surface area contributed by atoms with Crippen LogP contribution < -0.4 is 0 Å². The number of para-hydroxylation sites is 1. The van der Waals surface area contributed by atoms with Gasteiger partial charge in [0.25, 0.3) is 0 Å². The second kappa shape index (κ2) is 4.06. The van der Waals surface area contributed by atoms with Crippen molar-refractivity contribution in [3.05, 3.63) is 58.7 Å². The molecule has 0 bridgehead atoms. The number of aromatic nitrogens is 1. The fourth-order valence-electron chi connectivity index (χ4n) is 1.46. The predicted molar refractivity (Wildman–Crippen MR) is 56.3 cm³/mol. The highest BCUT2D eigenvalue weighted by Gasteiger charge is 2.20. The molecule has 0 saturated carbocycles. The Hall–Kier alpha value is -2.30. The number of nitrogens with zero attached hydrogens (tertiary/aromatic N) is 2. The molecule has 0 aliphatic heterocycles. The Kier molecular flexibility index (Phi) is 2.59. The van der Waals surface area contributed by atoms with Crippen LogP contribution >= 0.6 is 0 Å². The lowest BCUT2D eigenvalue weighted by Gasteiger charge is -2.02. The van der Waals surface area contributed by atoms with E-state index in [1.807, 2.05) is 0 Å². The first-order valence-corrected chi connectivity index (χ1v) is 4.53. The molecule has 1 aromatic carbocycles. The van der Waals surface area contributed by atoms with Crippen LogP contribution in [0.15, 0.2) is 42.7 Å². The van der Waals surface area contributed by atoms with Gasteiger partial charge in [-0.3, -0.25) is 15.1 Å². The molecule has 0 radical (unpaired) electrons. The molecule has 0 fully saturated rings. The summed E-state index contributed by atoms with van der Waals surface area (Å²) in [7, 11) is 0. The van der Waals surface area contributed by atoms with Gasteiger partial charge in [0.05, 0.1) is 10.5 Å². The van der Waals surface area contributed by atoms with E-state index >= 15 is 0 Å². The molecule has 0 aliphatic carbocycles. The van der Waals surface area contributed by atoms with E-state index in [1.165, 1.54) is 18.3 Å². The van der Waals surface area contributed by atoms with Gasteiger partial charge in [0.1, 0.15) is 0 Å². The molecule has 2 rings (SSSR count). The predicted octanol–water partition coefficient (Wildman–Crippen LogP) is 2.80. The molecule has 0 saturated heterocycles. The van der Waals surface area contributed by atoms with E-state index in [9.17, 15) is 14.5 Å². The molecule has 0 spiro atoms. The Labute approximate surface area is 90.5 Å². The van der Waals surface area contributed by atoms with E-state index in [0.717, 1.165) is 6.07 Å². The summed E-state index contributed by atoms with van der Waals surface area (Å²) in [6.45, 7) is 0. The normalized spacial score (nSPS) is 10.1. The highest BCUT2D eigenvalue weighted by molar-refractivity contribution is 5.72. The van der Waals surface area contributed by atoms with Gasteiger partial charge in [-0.1, -0.05) is 12.1 Å². The Morgan fingerprint density at radius 3 is 2.69 bits per heavy atom. The molecule has 5 heteroatoms. The Bertz CT molecular complexity index is 529. The Morgan fingerprint density at radius 2 is 2.06 bits per heavy atom. The first-order chi connectivity index (χ1) is 7.70. The fraction of sp³-hybridized carbons (Fsp3) is 0. The average Bonchev–Trinajstić information content (AvgIpc) is 2.29. The van der Waals surface area contributed by atoms with Gasteiger partial charge in [-0.05, 0) is 18.2 Å². The largest absolute Gasteiger partial charge is 0.312 e. The van der Waals surface area contributed by atoms with Crippen molar-refractivity contribution in [3.8, 4) is 11.1 Å². The minimum Gasteiger partial charge on any atom is -0.264 e. The standard InChI is InChI=1S/C11H7FN2O2/c12-10-5-1-4-9(11(10)14(15)16)8-3-2-6-13-7-8/h1-7H. The topological polar surface area (TPSA) is 56.0 Å². The monoisotopic (exact) mass is 218 g/mol. The van der Waals surface area contributed by atoms with E-state index in [1.54, 1.807) is 18.3 Å². The summed E-state index contributed by atoms with van der Waals surface area (Å²) < 4.78 is 13.3. The van der Waals surface area contributed by atoms with Crippen molar-refractivity contribution < 1.29 is 9.31 Å². The van der Waals surface area contributed by atoms with Crippen LogP contribution in [0.3, 0.4) is 0 Å². The maximum atomic E-state index is 13.3. The summed E-state index contributed by atoms with van der Waals surface area (Å²) in [4.78, 5) is 13.9. The molecule has 1 heterocycles. The van der Waals surface area contributed by atoms with Gasteiger partial charge in [0, 0.05) is 18.0 Å². The first-order valence-electron chi connectivity index (χ1n) is 4.53. The summed E-state index contributed by atoms with van der Waals surface area (Å²) in [5.74, 6) is -0.841. The van der Waals surface area contributed by atoms with E-state index in [0.29, 0.717) is 5.56 Å². The fourth-order valence-corrected chi connectivity index (χ4v) is 1.46. The van der Waals surface area contributed by atoms with Gasteiger partial charge in [-0.25, -0.2) is 0 Å². The van der Waals surface area contributed by atoms with Crippen LogP contribution in [0.1, 0.15) is 0 Å². The zero-order valence-electron chi connectivity index (χ0n) is 8.13. The minimum atomic E-state index is -0.841. The van der Waals surface area contributed by atoms with Crippen LogP contribution in [0, 0.1) is 15.9 Å². The molecule has 4 nitrogen and oxygen atoms in total. The van der Waals surface area contributed by atoms with Gasteiger partial charge < -0.3 is 0 Å². The summed E-state index contributed by atoms with van der Waals surface area (Å²) in [6, 6.07) is 7.29. The molecule has 0 aliphatic rings. The van der Waals surface area contributed by atoms with Crippen LogP contribution in [0.25, 0.3) is 11.1 Å². The van der Waals surface area contributed by atoms with Crippen LogP contribution in [0.2, 0.25) is 0 Å². The van der Waals surface area contributed by atoms with Crippen LogP contribution in [-0.4, -0.2) is 9.91 Å². The van der Waals surface area contributed by atoms with E-state index < -0.39 is 16.4 Å². The second-order valence-corrected chi connectivity index (χ2v) is 3.13. The molecule has 0 N–H and O–H groups in total. The lowest BCUT2D eigenvalue weighted by atomic mass is 10.1. The van der Waals surface area contributed by atoms with Crippen molar-refractivity contribution in [1.82, 2.24) is 4.98 Å². The second-order valence-electron chi connectivity index (χ2n) is 3.13. The third-order valence-electron chi connectivity index (χ3n) is 2.14. The SMILES string of the molecule is O=[N+]([O-])c1c(F)cccc1-c1cccnc1. The third kappa shape index (κ3) is 1.75. The zero-order chi connectivity index (χ0) is 11.5. The van der Waals surface area contributed by atoms with Gasteiger partial charge in [0.2, 0.25) is 5.82 Å². The van der Waals surface area contributed by atoms with Crippen molar-refractivity contribution in [2.75, 3.05) is 0 Å². The highest BCUT2D eigenvalue weighted by Crippen LogP contribution is 2.31. The number of rotatable bonds is 2. The molecular weight excluding hydrogens is 211 g/mol. The highest BCUT2D eigenvalue weighted by atomic mass is 19.1. The lowest BCUT2D eigenvalue weighted by molar-refractivity contribution is -0.386. The van der Waals surface area contributed by atoms with Crippen molar-refractivity contribution >= 4 is 5.69 Å². The van der Waals surface area contributed by atoms with Gasteiger partial charge >= 0.3 is 5.69 Å². The van der Waals surface area contributed by atoms with E-state index in [2.05, 4.69) is 4.98 Å². The number of nitro benzene ring substituents is 1. The number of pyridine rings is 1. The molecule has 16 heavy (non-hydrogen) atoms. The Balaban J connectivity index is 2.66. The van der Waals surface area contributed by atoms with Crippen molar-refractivity contribution in [2.24, 2.45) is 0 Å². The summed E-state index contributed by atoms with van der Waals surface area (Å²) in [6.07, 6.45) is 3.01. The molecule has 0 unspecified atom stereocenters. The third-order valence-corrected chi connectivity index (χ3v) is 2.14. The number of hydrogen-bond acceptors (Lipinski definition) is 3. The zero-order valence-corrected chi connectivity index (χ0v) is 8.13. The maximum absolute atomic E-state index is 13.3. The van der Waals surface area contributed by atoms with Crippen molar-refractivity contribution in [1.29, 1.82) is 0 Å².